The van der Waals surface area contributed by atoms with E-state index in [1.165, 1.54) is 83.2 Å². The lowest BCUT2D eigenvalue weighted by Crippen LogP contribution is -2.16. The summed E-state index contributed by atoms with van der Waals surface area (Å²) in [5.41, 5.74) is 20.4. The van der Waals surface area contributed by atoms with E-state index >= 15 is 0 Å². The zero-order valence-corrected chi connectivity index (χ0v) is 31.8. The van der Waals surface area contributed by atoms with E-state index in [2.05, 4.69) is 207 Å². The molecule has 0 saturated heterocycles. The third-order valence-electron chi connectivity index (χ3n) is 12.6. The molecule has 268 valence electrons. The number of fused-ring (bicyclic) bond motifs is 9. The summed E-state index contributed by atoms with van der Waals surface area (Å²) in [7, 11) is 0. The van der Waals surface area contributed by atoms with Gasteiger partial charge in [-0.1, -0.05) is 153 Å². The number of hydrogen-bond donors (Lipinski definition) is 0. The Morgan fingerprint density at radius 3 is 1.77 bits per heavy atom. The molecule has 0 fully saturated rings. The van der Waals surface area contributed by atoms with Crippen LogP contribution in [-0.4, -0.2) is 0 Å². The molecule has 10 aromatic rings. The SMILES string of the molecule is CC1(C)c2ccccc2-c2c(N(c3ccc(-c4ccccc4)cc3)c3ccc4oc5ccc(-c6ccc7c8c(cccc68)-c6ccccc6-7)cc5c4c3)cccc21. The van der Waals surface area contributed by atoms with Crippen LogP contribution in [0.3, 0.4) is 0 Å². The molecule has 12 rings (SSSR count). The van der Waals surface area contributed by atoms with E-state index in [4.69, 9.17) is 4.42 Å². The van der Waals surface area contributed by atoms with Gasteiger partial charge in [0.05, 0.1) is 5.69 Å². The van der Waals surface area contributed by atoms with E-state index < -0.39 is 0 Å². The lowest BCUT2D eigenvalue weighted by molar-refractivity contribution is 0.660. The number of benzene rings is 9. The highest BCUT2D eigenvalue weighted by Gasteiger charge is 2.37. The van der Waals surface area contributed by atoms with Crippen LogP contribution in [0.2, 0.25) is 0 Å². The molecule has 2 heteroatoms. The van der Waals surface area contributed by atoms with Gasteiger partial charge in [0.1, 0.15) is 11.2 Å². The van der Waals surface area contributed by atoms with Crippen molar-refractivity contribution in [2.45, 2.75) is 19.3 Å². The Morgan fingerprint density at radius 1 is 0.386 bits per heavy atom. The van der Waals surface area contributed by atoms with E-state index in [1.807, 2.05) is 0 Å². The van der Waals surface area contributed by atoms with Crippen molar-refractivity contribution in [3.63, 3.8) is 0 Å². The second kappa shape index (κ2) is 11.9. The smallest absolute Gasteiger partial charge is 0.135 e. The molecule has 0 radical (unpaired) electrons. The summed E-state index contributed by atoms with van der Waals surface area (Å²) in [6.07, 6.45) is 0. The van der Waals surface area contributed by atoms with Crippen molar-refractivity contribution in [2.75, 3.05) is 4.90 Å². The highest BCUT2D eigenvalue weighted by atomic mass is 16.3. The minimum atomic E-state index is -0.114. The Balaban J connectivity index is 1.05. The summed E-state index contributed by atoms with van der Waals surface area (Å²) in [6.45, 7) is 4.70. The van der Waals surface area contributed by atoms with Gasteiger partial charge in [0, 0.05) is 33.1 Å². The maximum atomic E-state index is 6.56. The number of hydrogen-bond acceptors (Lipinski definition) is 2. The second-order valence-electron chi connectivity index (χ2n) is 16.0. The molecule has 1 aromatic heterocycles. The van der Waals surface area contributed by atoms with E-state index in [1.54, 1.807) is 0 Å². The average Bonchev–Trinajstić information content (AvgIpc) is 3.88. The first-order chi connectivity index (χ1) is 28.0. The van der Waals surface area contributed by atoms with E-state index in [9.17, 15) is 0 Å². The predicted octanol–water partition coefficient (Wildman–Crippen LogP) is 15.5. The molecule has 2 nitrogen and oxygen atoms in total. The highest BCUT2D eigenvalue weighted by molar-refractivity contribution is 6.19. The van der Waals surface area contributed by atoms with Crippen LogP contribution in [-0.2, 0) is 5.41 Å². The van der Waals surface area contributed by atoms with E-state index in [0.717, 1.165) is 33.3 Å². The molecule has 0 N–H and O–H groups in total. The zero-order valence-electron chi connectivity index (χ0n) is 31.8. The van der Waals surface area contributed by atoms with Crippen molar-refractivity contribution in [3.8, 4) is 55.6 Å². The van der Waals surface area contributed by atoms with Gasteiger partial charge in [0.25, 0.3) is 0 Å². The minimum absolute atomic E-state index is 0.114. The molecule has 0 bridgehead atoms. The number of anilines is 3. The fourth-order valence-corrected chi connectivity index (χ4v) is 9.91. The predicted molar refractivity (Wildman–Crippen MR) is 239 cm³/mol. The monoisotopic (exact) mass is 727 g/mol. The Bertz CT molecular complexity index is 3230. The van der Waals surface area contributed by atoms with Crippen molar-refractivity contribution in [1.82, 2.24) is 0 Å². The van der Waals surface area contributed by atoms with Crippen molar-refractivity contribution in [1.29, 1.82) is 0 Å². The molecule has 57 heavy (non-hydrogen) atoms. The van der Waals surface area contributed by atoms with Crippen LogP contribution < -0.4 is 4.90 Å². The van der Waals surface area contributed by atoms with Gasteiger partial charge >= 0.3 is 0 Å². The first-order valence-electron chi connectivity index (χ1n) is 19.8. The molecule has 0 spiro atoms. The van der Waals surface area contributed by atoms with Crippen molar-refractivity contribution in [3.05, 3.63) is 199 Å². The van der Waals surface area contributed by atoms with Crippen LogP contribution in [0.25, 0.3) is 88.3 Å². The highest BCUT2D eigenvalue weighted by Crippen LogP contribution is 2.55. The fourth-order valence-electron chi connectivity index (χ4n) is 9.91. The first kappa shape index (κ1) is 32.1. The summed E-state index contributed by atoms with van der Waals surface area (Å²) in [4.78, 5) is 2.44. The third-order valence-corrected chi connectivity index (χ3v) is 12.6. The second-order valence-corrected chi connectivity index (χ2v) is 16.0. The molecule has 0 aliphatic heterocycles. The summed E-state index contributed by atoms with van der Waals surface area (Å²) in [5.74, 6) is 0. The molecular formula is C55H37NO. The van der Waals surface area contributed by atoms with Gasteiger partial charge in [-0.05, 0) is 121 Å². The van der Waals surface area contributed by atoms with Crippen LogP contribution in [0, 0.1) is 0 Å². The topological polar surface area (TPSA) is 16.4 Å². The molecule has 0 saturated carbocycles. The summed E-state index contributed by atoms with van der Waals surface area (Å²) >= 11 is 0. The molecule has 9 aromatic carbocycles. The normalized spacial score (nSPS) is 13.2. The quantitative estimate of drug-likeness (QED) is 0.175. The van der Waals surface area contributed by atoms with Crippen molar-refractivity contribution < 1.29 is 4.42 Å². The Hall–Kier alpha value is -7.16. The molecule has 0 amide bonds. The van der Waals surface area contributed by atoms with Crippen LogP contribution in [0.4, 0.5) is 17.1 Å². The lowest BCUT2D eigenvalue weighted by atomic mass is 9.82. The molecular weight excluding hydrogens is 691 g/mol. The van der Waals surface area contributed by atoms with Crippen molar-refractivity contribution >= 4 is 49.8 Å². The molecule has 0 atom stereocenters. The Morgan fingerprint density at radius 2 is 0.965 bits per heavy atom. The maximum Gasteiger partial charge on any atom is 0.135 e. The largest absolute Gasteiger partial charge is 0.456 e. The fraction of sp³-hybridized carbons (Fsp3) is 0.0545. The van der Waals surface area contributed by atoms with Gasteiger partial charge < -0.3 is 9.32 Å². The van der Waals surface area contributed by atoms with Gasteiger partial charge in [0.15, 0.2) is 0 Å². The van der Waals surface area contributed by atoms with Crippen molar-refractivity contribution in [2.24, 2.45) is 0 Å². The van der Waals surface area contributed by atoms with Crippen LogP contribution >= 0.6 is 0 Å². The first-order valence-corrected chi connectivity index (χ1v) is 19.8. The molecule has 1 heterocycles. The molecule has 2 aliphatic rings. The minimum Gasteiger partial charge on any atom is -0.456 e. The standard InChI is InChI=1S/C55H37NO/c1-55(2)48-19-9-8-16-45(48)54-49(55)20-11-21-50(54)56(37-25-22-35(23-26-37)34-12-4-3-5-13-34)38-27-31-52-47(33-38)46-32-36(24-30-51(46)57-52)39-28-29-44-41-15-7-6-14-40(41)43-18-10-17-42(39)53(43)44/h3-33H,1-2H3. The van der Waals surface area contributed by atoms with Crippen LogP contribution in [0.5, 0.6) is 0 Å². The third kappa shape index (κ3) is 4.65. The summed E-state index contributed by atoms with van der Waals surface area (Å²) in [5, 5.41) is 4.83. The van der Waals surface area contributed by atoms with E-state index in [0.29, 0.717) is 0 Å². The van der Waals surface area contributed by atoms with Crippen LogP contribution in [0.15, 0.2) is 192 Å². The maximum absolute atomic E-state index is 6.56. The van der Waals surface area contributed by atoms with Gasteiger partial charge in [-0.15, -0.1) is 0 Å². The Labute approximate surface area is 331 Å². The summed E-state index contributed by atoms with van der Waals surface area (Å²) in [6, 6.07) is 68.8. The molecule has 2 aliphatic carbocycles. The number of rotatable bonds is 5. The number of furan rings is 1. The summed E-state index contributed by atoms with van der Waals surface area (Å²) < 4.78 is 6.56. The van der Waals surface area contributed by atoms with Gasteiger partial charge in [-0.3, -0.25) is 0 Å². The van der Waals surface area contributed by atoms with Gasteiger partial charge in [-0.25, -0.2) is 0 Å². The number of nitrogens with zero attached hydrogens (tertiary/aromatic N) is 1. The zero-order chi connectivity index (χ0) is 37.8. The molecule has 0 unspecified atom stereocenters. The average molecular weight is 728 g/mol. The van der Waals surface area contributed by atoms with Gasteiger partial charge in [0.2, 0.25) is 0 Å². The van der Waals surface area contributed by atoms with Crippen LogP contribution in [0.1, 0.15) is 25.0 Å². The van der Waals surface area contributed by atoms with E-state index in [-0.39, 0.29) is 5.41 Å². The lowest BCUT2D eigenvalue weighted by Gasteiger charge is -2.29. The van der Waals surface area contributed by atoms with Gasteiger partial charge in [-0.2, -0.15) is 0 Å². The Kier molecular flexibility index (Phi) is 6.72.